The van der Waals surface area contributed by atoms with Gasteiger partial charge in [0.2, 0.25) is 15.9 Å². The normalized spacial score (nSPS) is 12.3. The third-order valence-electron chi connectivity index (χ3n) is 3.72. The lowest BCUT2D eigenvalue weighted by molar-refractivity contribution is -0.117. The van der Waals surface area contributed by atoms with Gasteiger partial charge in [-0.05, 0) is 38.1 Å². The van der Waals surface area contributed by atoms with Crippen LogP contribution in [-0.4, -0.2) is 34.6 Å². The fourth-order valence-electron chi connectivity index (χ4n) is 2.21. The lowest BCUT2D eigenvalue weighted by Crippen LogP contribution is -2.41. The number of carbonyl (C=O) groups is 1. The maximum absolute atomic E-state index is 12.4. The van der Waals surface area contributed by atoms with Crippen LogP contribution < -0.4 is 19.5 Å². The standard InChI is InChI=1S/C18H22N2O5S/c1-12-5-8-15(9-6-12)26(22,23)20-13(2)18(21)19-16-10-7-14(24-3)11-17(16)25-4/h5-11,13,20H,1-4H3,(H,19,21)/t13-/m0/s1. The molecule has 8 heteroatoms. The quantitative estimate of drug-likeness (QED) is 0.771. The molecule has 0 aliphatic rings. The third kappa shape index (κ3) is 4.74. The van der Waals surface area contributed by atoms with Crippen LogP contribution in [-0.2, 0) is 14.8 Å². The van der Waals surface area contributed by atoms with Crippen LogP contribution in [0, 0.1) is 6.92 Å². The van der Waals surface area contributed by atoms with Crippen molar-refractivity contribution >= 4 is 21.6 Å². The molecule has 140 valence electrons. The smallest absolute Gasteiger partial charge is 0.242 e. The molecule has 0 saturated heterocycles. The molecule has 0 bridgehead atoms. The summed E-state index contributed by atoms with van der Waals surface area (Å²) in [5, 5.41) is 2.65. The van der Waals surface area contributed by atoms with E-state index in [1.54, 1.807) is 30.3 Å². The molecule has 2 aromatic rings. The summed E-state index contributed by atoms with van der Waals surface area (Å²) in [7, 11) is -0.813. The number of anilines is 1. The molecule has 2 rings (SSSR count). The van der Waals surface area contributed by atoms with Gasteiger partial charge in [0, 0.05) is 6.07 Å². The molecule has 0 aliphatic heterocycles. The summed E-state index contributed by atoms with van der Waals surface area (Å²) in [4.78, 5) is 12.5. The number of carbonyl (C=O) groups excluding carboxylic acids is 1. The minimum atomic E-state index is -3.80. The number of amides is 1. The molecular weight excluding hydrogens is 356 g/mol. The van der Waals surface area contributed by atoms with Crippen LogP contribution in [0.4, 0.5) is 5.69 Å². The Balaban J connectivity index is 2.11. The number of nitrogens with one attached hydrogen (secondary N) is 2. The van der Waals surface area contributed by atoms with Crippen molar-refractivity contribution in [3.05, 3.63) is 48.0 Å². The zero-order valence-corrected chi connectivity index (χ0v) is 15.9. The first kappa shape index (κ1) is 19.7. The number of benzene rings is 2. The lowest BCUT2D eigenvalue weighted by atomic mass is 10.2. The van der Waals surface area contributed by atoms with E-state index in [1.807, 2.05) is 6.92 Å². The Morgan fingerprint density at radius 1 is 1.04 bits per heavy atom. The second-order valence-corrected chi connectivity index (χ2v) is 7.43. The molecule has 0 saturated carbocycles. The molecule has 0 aliphatic carbocycles. The number of hydrogen-bond acceptors (Lipinski definition) is 5. The second-order valence-electron chi connectivity index (χ2n) is 5.71. The Bertz CT molecular complexity index is 879. The number of methoxy groups -OCH3 is 2. The predicted octanol–water partition coefficient (Wildman–Crippen LogP) is 2.32. The Morgan fingerprint density at radius 3 is 2.27 bits per heavy atom. The van der Waals surface area contributed by atoms with Crippen molar-refractivity contribution < 1.29 is 22.7 Å². The molecule has 0 unspecified atom stereocenters. The first-order valence-electron chi connectivity index (χ1n) is 7.88. The van der Waals surface area contributed by atoms with Gasteiger partial charge < -0.3 is 14.8 Å². The zero-order chi connectivity index (χ0) is 19.3. The minimum Gasteiger partial charge on any atom is -0.497 e. The first-order chi connectivity index (χ1) is 12.3. The topological polar surface area (TPSA) is 93.7 Å². The highest BCUT2D eigenvalue weighted by Gasteiger charge is 2.22. The molecular formula is C18H22N2O5S. The van der Waals surface area contributed by atoms with Crippen LogP contribution in [0.1, 0.15) is 12.5 Å². The second kappa shape index (κ2) is 8.20. The predicted molar refractivity (Wildman–Crippen MR) is 99.1 cm³/mol. The molecule has 0 fully saturated rings. The van der Waals surface area contributed by atoms with Crippen molar-refractivity contribution in [2.45, 2.75) is 24.8 Å². The summed E-state index contributed by atoms with van der Waals surface area (Å²) in [6, 6.07) is 10.3. The summed E-state index contributed by atoms with van der Waals surface area (Å²) in [5.41, 5.74) is 1.36. The molecule has 7 nitrogen and oxygen atoms in total. The van der Waals surface area contributed by atoms with Crippen molar-refractivity contribution in [3.63, 3.8) is 0 Å². The minimum absolute atomic E-state index is 0.102. The van der Waals surface area contributed by atoms with Crippen molar-refractivity contribution in [2.75, 3.05) is 19.5 Å². The van der Waals surface area contributed by atoms with E-state index < -0.39 is 22.0 Å². The average Bonchev–Trinajstić information content (AvgIpc) is 2.61. The van der Waals surface area contributed by atoms with Gasteiger partial charge in [-0.15, -0.1) is 0 Å². The van der Waals surface area contributed by atoms with Gasteiger partial charge in [-0.25, -0.2) is 8.42 Å². The summed E-state index contributed by atoms with van der Waals surface area (Å²) in [5.74, 6) is 0.475. The Morgan fingerprint density at radius 2 is 1.69 bits per heavy atom. The monoisotopic (exact) mass is 378 g/mol. The molecule has 1 atom stereocenters. The van der Waals surface area contributed by atoms with E-state index in [0.717, 1.165) is 5.56 Å². The van der Waals surface area contributed by atoms with E-state index in [2.05, 4.69) is 10.0 Å². The maximum atomic E-state index is 12.4. The molecule has 0 heterocycles. The molecule has 2 aromatic carbocycles. The SMILES string of the molecule is COc1ccc(NC(=O)[C@H](C)NS(=O)(=O)c2ccc(C)cc2)c(OC)c1. The van der Waals surface area contributed by atoms with E-state index in [9.17, 15) is 13.2 Å². The molecule has 0 aromatic heterocycles. The third-order valence-corrected chi connectivity index (χ3v) is 5.28. The number of rotatable bonds is 7. The van der Waals surface area contributed by atoms with Gasteiger partial charge in [0.25, 0.3) is 0 Å². The molecule has 0 radical (unpaired) electrons. The molecule has 1 amide bonds. The Hall–Kier alpha value is -2.58. The number of ether oxygens (including phenoxy) is 2. The summed E-state index contributed by atoms with van der Waals surface area (Å²) >= 11 is 0. The number of sulfonamides is 1. The van der Waals surface area contributed by atoms with Gasteiger partial charge in [0.15, 0.2) is 0 Å². The van der Waals surface area contributed by atoms with Crippen LogP contribution in [0.25, 0.3) is 0 Å². The van der Waals surface area contributed by atoms with Crippen LogP contribution in [0.2, 0.25) is 0 Å². The number of hydrogen-bond donors (Lipinski definition) is 2. The first-order valence-corrected chi connectivity index (χ1v) is 9.37. The van der Waals surface area contributed by atoms with Crippen molar-refractivity contribution in [1.82, 2.24) is 4.72 Å². The lowest BCUT2D eigenvalue weighted by Gasteiger charge is -2.16. The van der Waals surface area contributed by atoms with Crippen molar-refractivity contribution in [1.29, 1.82) is 0 Å². The van der Waals surface area contributed by atoms with Crippen LogP contribution in [0.15, 0.2) is 47.4 Å². The summed E-state index contributed by atoms with van der Waals surface area (Å²) in [6.07, 6.45) is 0. The Kier molecular flexibility index (Phi) is 6.23. The van der Waals surface area contributed by atoms with E-state index >= 15 is 0 Å². The van der Waals surface area contributed by atoms with E-state index in [1.165, 1.54) is 33.3 Å². The highest BCUT2D eigenvalue weighted by molar-refractivity contribution is 7.89. The summed E-state index contributed by atoms with van der Waals surface area (Å²) in [6.45, 7) is 3.33. The van der Waals surface area contributed by atoms with Gasteiger partial charge in [-0.1, -0.05) is 17.7 Å². The Labute approximate surface area is 153 Å². The number of aryl methyl sites for hydroxylation is 1. The van der Waals surface area contributed by atoms with E-state index in [0.29, 0.717) is 17.2 Å². The van der Waals surface area contributed by atoms with Gasteiger partial charge in [0.1, 0.15) is 11.5 Å². The molecule has 0 spiro atoms. The molecule has 2 N–H and O–H groups in total. The fourth-order valence-corrected chi connectivity index (χ4v) is 3.42. The zero-order valence-electron chi connectivity index (χ0n) is 15.1. The maximum Gasteiger partial charge on any atom is 0.242 e. The van der Waals surface area contributed by atoms with Gasteiger partial charge in [-0.2, -0.15) is 4.72 Å². The summed E-state index contributed by atoms with van der Waals surface area (Å²) < 4.78 is 37.5. The van der Waals surface area contributed by atoms with Gasteiger partial charge >= 0.3 is 0 Å². The fraction of sp³-hybridized carbons (Fsp3) is 0.278. The van der Waals surface area contributed by atoms with Gasteiger partial charge in [-0.3, -0.25) is 4.79 Å². The van der Waals surface area contributed by atoms with Crippen LogP contribution in [0.5, 0.6) is 11.5 Å². The van der Waals surface area contributed by atoms with E-state index in [4.69, 9.17) is 9.47 Å². The highest BCUT2D eigenvalue weighted by atomic mass is 32.2. The van der Waals surface area contributed by atoms with Crippen LogP contribution in [0.3, 0.4) is 0 Å². The van der Waals surface area contributed by atoms with Crippen molar-refractivity contribution in [3.8, 4) is 11.5 Å². The average molecular weight is 378 g/mol. The molecule has 26 heavy (non-hydrogen) atoms. The van der Waals surface area contributed by atoms with E-state index in [-0.39, 0.29) is 4.90 Å². The highest BCUT2D eigenvalue weighted by Crippen LogP contribution is 2.29. The largest absolute Gasteiger partial charge is 0.497 e. The van der Waals surface area contributed by atoms with Crippen LogP contribution >= 0.6 is 0 Å². The van der Waals surface area contributed by atoms with Gasteiger partial charge in [0.05, 0.1) is 30.8 Å². The van der Waals surface area contributed by atoms with Crippen molar-refractivity contribution in [2.24, 2.45) is 0 Å².